The molecule has 5 nitrogen and oxygen atoms in total. The highest BCUT2D eigenvalue weighted by Gasteiger charge is 2.23. The molecule has 0 N–H and O–H groups in total. The zero-order valence-corrected chi connectivity index (χ0v) is 20.5. The third-order valence-electron chi connectivity index (χ3n) is 6.32. The second kappa shape index (κ2) is 10.8. The Labute approximate surface area is 208 Å². The Morgan fingerprint density at radius 2 is 1.79 bits per heavy atom. The second-order valence-electron chi connectivity index (χ2n) is 8.66. The summed E-state index contributed by atoms with van der Waals surface area (Å²) in [5.41, 5.74) is 5.78. The van der Waals surface area contributed by atoms with E-state index in [-0.39, 0.29) is 11.9 Å². The van der Waals surface area contributed by atoms with Crippen LogP contribution in [0.4, 0.5) is 0 Å². The topological polar surface area (TPSA) is 51.1 Å². The Bertz CT molecular complexity index is 1170. The first-order valence-electron chi connectivity index (χ1n) is 11.7. The van der Waals surface area contributed by atoms with Gasteiger partial charge in [0.2, 0.25) is 0 Å². The molecule has 1 unspecified atom stereocenters. The molecule has 0 saturated carbocycles. The largest absolute Gasteiger partial charge is 0.392 e. The van der Waals surface area contributed by atoms with E-state index in [0.29, 0.717) is 28.5 Å². The van der Waals surface area contributed by atoms with Crippen LogP contribution in [0.25, 0.3) is 11.1 Å². The summed E-state index contributed by atoms with van der Waals surface area (Å²) in [7, 11) is 0. The number of benzene rings is 2. The standard InChI is InChI=1S/C27H27ClN2O3S/c28-27-12-11-26(34-27)25(31)10-9-22-17-24(29-33-22)20-7-5-19(6-8-20)23-4-2-1-3-21(23)18-30-13-15-32-16-14-30/h1-8,11-12,22H,9-10,13-18H2. The minimum atomic E-state index is -0.0664. The van der Waals surface area contributed by atoms with Crippen molar-refractivity contribution in [2.75, 3.05) is 26.3 Å². The third kappa shape index (κ3) is 5.58. The number of thiophene rings is 1. The third-order valence-corrected chi connectivity index (χ3v) is 7.59. The molecular weight excluding hydrogens is 468 g/mol. The average molecular weight is 495 g/mol. The number of nitrogens with zero attached hydrogens (tertiary/aromatic N) is 2. The molecule has 0 spiro atoms. The van der Waals surface area contributed by atoms with E-state index in [2.05, 4.69) is 58.6 Å². The van der Waals surface area contributed by atoms with Crippen molar-refractivity contribution in [2.24, 2.45) is 5.16 Å². The van der Waals surface area contributed by atoms with Crippen molar-refractivity contribution >= 4 is 34.4 Å². The molecule has 3 aromatic rings. The normalized spacial score (nSPS) is 18.5. The number of carbonyl (C=O) groups is 1. The van der Waals surface area contributed by atoms with Gasteiger partial charge in [-0.25, -0.2) is 0 Å². The van der Waals surface area contributed by atoms with E-state index in [9.17, 15) is 4.79 Å². The van der Waals surface area contributed by atoms with Crippen LogP contribution in [0.15, 0.2) is 65.8 Å². The van der Waals surface area contributed by atoms with Crippen molar-refractivity contribution < 1.29 is 14.4 Å². The molecule has 1 fully saturated rings. The molecule has 2 aromatic carbocycles. The van der Waals surface area contributed by atoms with Crippen molar-refractivity contribution in [3.8, 4) is 11.1 Å². The molecule has 0 bridgehead atoms. The number of hydrogen-bond acceptors (Lipinski definition) is 6. The van der Waals surface area contributed by atoms with Gasteiger partial charge in [-0.3, -0.25) is 9.69 Å². The quantitative estimate of drug-likeness (QED) is 0.357. The molecule has 7 heteroatoms. The Hall–Kier alpha value is -2.51. The zero-order chi connectivity index (χ0) is 23.3. The Balaban J connectivity index is 1.19. The van der Waals surface area contributed by atoms with Gasteiger partial charge < -0.3 is 9.57 Å². The van der Waals surface area contributed by atoms with Gasteiger partial charge in [-0.1, -0.05) is 65.3 Å². The van der Waals surface area contributed by atoms with Gasteiger partial charge in [-0.15, -0.1) is 11.3 Å². The van der Waals surface area contributed by atoms with E-state index in [0.717, 1.165) is 44.1 Å². The molecule has 3 heterocycles. The Morgan fingerprint density at radius 3 is 2.56 bits per heavy atom. The maximum absolute atomic E-state index is 12.3. The van der Waals surface area contributed by atoms with Crippen molar-refractivity contribution in [3.05, 3.63) is 81.0 Å². The first-order chi connectivity index (χ1) is 16.7. The zero-order valence-electron chi connectivity index (χ0n) is 18.9. The monoisotopic (exact) mass is 494 g/mol. The molecule has 1 aromatic heterocycles. The predicted octanol–water partition coefficient (Wildman–Crippen LogP) is 6.06. The maximum Gasteiger partial charge on any atom is 0.172 e. The van der Waals surface area contributed by atoms with E-state index >= 15 is 0 Å². The lowest BCUT2D eigenvalue weighted by atomic mass is 9.96. The molecule has 0 aliphatic carbocycles. The average Bonchev–Trinajstić information content (AvgIpc) is 3.53. The molecular formula is C27H27ClN2O3S. The summed E-state index contributed by atoms with van der Waals surface area (Å²) in [5.74, 6) is 0.106. The molecule has 0 radical (unpaired) electrons. The van der Waals surface area contributed by atoms with E-state index in [1.54, 1.807) is 12.1 Å². The molecule has 5 rings (SSSR count). The van der Waals surface area contributed by atoms with Gasteiger partial charge in [0.05, 0.1) is 28.1 Å². The van der Waals surface area contributed by atoms with Crippen molar-refractivity contribution in [1.29, 1.82) is 0 Å². The second-order valence-corrected chi connectivity index (χ2v) is 10.4. The highest BCUT2D eigenvalue weighted by molar-refractivity contribution is 7.18. The van der Waals surface area contributed by atoms with Crippen LogP contribution < -0.4 is 0 Å². The number of morpholine rings is 1. The summed E-state index contributed by atoms with van der Waals surface area (Å²) in [6.45, 7) is 4.49. The van der Waals surface area contributed by atoms with Crippen LogP contribution in [0.3, 0.4) is 0 Å². The smallest absolute Gasteiger partial charge is 0.172 e. The van der Waals surface area contributed by atoms with Gasteiger partial charge in [0.15, 0.2) is 5.78 Å². The number of ether oxygens (including phenoxy) is 1. The van der Waals surface area contributed by atoms with Crippen molar-refractivity contribution in [2.45, 2.75) is 31.9 Å². The Morgan fingerprint density at radius 1 is 1.03 bits per heavy atom. The summed E-state index contributed by atoms with van der Waals surface area (Å²) in [5, 5.41) is 4.31. The first kappa shape index (κ1) is 23.2. The number of rotatable bonds is 8. The van der Waals surface area contributed by atoms with Crippen LogP contribution in [0.1, 0.15) is 40.1 Å². The molecule has 0 amide bonds. The van der Waals surface area contributed by atoms with Gasteiger partial charge in [0.25, 0.3) is 0 Å². The van der Waals surface area contributed by atoms with Gasteiger partial charge >= 0.3 is 0 Å². The van der Waals surface area contributed by atoms with Gasteiger partial charge in [0, 0.05) is 32.5 Å². The molecule has 34 heavy (non-hydrogen) atoms. The molecule has 1 saturated heterocycles. The van der Waals surface area contributed by atoms with E-state index in [1.165, 1.54) is 28.0 Å². The highest BCUT2D eigenvalue weighted by Crippen LogP contribution is 2.28. The summed E-state index contributed by atoms with van der Waals surface area (Å²) in [6.07, 6.45) is 1.73. The van der Waals surface area contributed by atoms with Gasteiger partial charge in [0.1, 0.15) is 6.10 Å². The first-order valence-corrected chi connectivity index (χ1v) is 12.9. The Kier molecular flexibility index (Phi) is 7.40. The lowest BCUT2D eigenvalue weighted by Gasteiger charge is -2.27. The summed E-state index contributed by atoms with van der Waals surface area (Å²) >= 11 is 7.26. The fraction of sp³-hybridized carbons (Fsp3) is 0.333. The van der Waals surface area contributed by atoms with Gasteiger partial charge in [-0.05, 0) is 40.8 Å². The fourth-order valence-corrected chi connectivity index (χ4v) is 5.43. The number of oxime groups is 1. The number of carbonyl (C=O) groups excluding carboxylic acids is 1. The van der Waals surface area contributed by atoms with Gasteiger partial charge in [-0.2, -0.15) is 0 Å². The molecule has 2 aliphatic rings. The minimum Gasteiger partial charge on any atom is -0.392 e. The molecule has 176 valence electrons. The number of ketones is 1. The van der Waals surface area contributed by atoms with Crippen molar-refractivity contribution in [1.82, 2.24) is 4.90 Å². The van der Waals surface area contributed by atoms with E-state index in [1.807, 2.05) is 0 Å². The summed E-state index contributed by atoms with van der Waals surface area (Å²) in [6, 6.07) is 20.7. The van der Waals surface area contributed by atoms with Crippen LogP contribution in [-0.4, -0.2) is 48.8 Å². The molecule has 1 atom stereocenters. The lowest BCUT2D eigenvalue weighted by Crippen LogP contribution is -2.35. The molecule has 2 aliphatic heterocycles. The highest BCUT2D eigenvalue weighted by atomic mass is 35.5. The van der Waals surface area contributed by atoms with Crippen molar-refractivity contribution in [3.63, 3.8) is 0 Å². The maximum atomic E-state index is 12.3. The summed E-state index contributed by atoms with van der Waals surface area (Å²) in [4.78, 5) is 21.1. The fourth-order valence-electron chi connectivity index (χ4n) is 4.42. The van der Waals surface area contributed by atoms with Crippen LogP contribution in [0.5, 0.6) is 0 Å². The van der Waals surface area contributed by atoms with Crippen LogP contribution in [-0.2, 0) is 16.1 Å². The number of hydrogen-bond donors (Lipinski definition) is 0. The number of halogens is 1. The minimum absolute atomic E-state index is 0.0664. The van der Waals surface area contributed by atoms with Crippen LogP contribution in [0.2, 0.25) is 4.34 Å². The lowest BCUT2D eigenvalue weighted by molar-refractivity contribution is 0.0342. The van der Waals surface area contributed by atoms with Crippen LogP contribution in [0, 0.1) is 0 Å². The SMILES string of the molecule is O=C(CCC1CC(c2ccc(-c3ccccc3CN3CCOCC3)cc2)=NO1)c1ccc(Cl)s1. The predicted molar refractivity (Wildman–Crippen MR) is 137 cm³/mol. The van der Waals surface area contributed by atoms with E-state index < -0.39 is 0 Å². The van der Waals surface area contributed by atoms with E-state index in [4.69, 9.17) is 21.2 Å². The number of Topliss-reactive ketones (excluding diaryl/α,β-unsaturated/α-hetero) is 1. The summed E-state index contributed by atoms with van der Waals surface area (Å²) < 4.78 is 6.12. The van der Waals surface area contributed by atoms with Crippen LogP contribution >= 0.6 is 22.9 Å².